The third-order valence-electron chi connectivity index (χ3n) is 3.86. The molecule has 3 rings (SSSR count). The molecule has 0 saturated carbocycles. The molecule has 4 heteroatoms. The number of hydrogen-bond acceptors (Lipinski definition) is 3. The zero-order valence-electron chi connectivity index (χ0n) is 12.6. The minimum absolute atomic E-state index is 0.564. The fraction of sp³-hybridized carbons (Fsp3) is 0.333. The number of halogens is 1. The molecular weight excluding hydrogens is 296 g/mol. The molecule has 0 amide bonds. The van der Waals surface area contributed by atoms with Gasteiger partial charge in [0.1, 0.15) is 12.4 Å². The number of benzene rings is 2. The van der Waals surface area contributed by atoms with Gasteiger partial charge in [0.05, 0.1) is 0 Å². The van der Waals surface area contributed by atoms with Crippen LogP contribution in [0.5, 0.6) is 5.75 Å². The highest BCUT2D eigenvalue weighted by atomic mass is 35.5. The van der Waals surface area contributed by atoms with Gasteiger partial charge >= 0.3 is 0 Å². The lowest BCUT2D eigenvalue weighted by molar-refractivity contribution is 0.233. The average molecular weight is 317 g/mol. The van der Waals surface area contributed by atoms with Crippen molar-refractivity contribution in [3.63, 3.8) is 0 Å². The minimum Gasteiger partial charge on any atom is -0.489 e. The number of ether oxygens (including phenoxy) is 1. The van der Waals surface area contributed by atoms with Crippen molar-refractivity contribution in [1.82, 2.24) is 10.2 Å². The van der Waals surface area contributed by atoms with Gasteiger partial charge in [-0.1, -0.05) is 35.9 Å². The maximum atomic E-state index is 5.88. The van der Waals surface area contributed by atoms with E-state index in [1.165, 1.54) is 5.56 Å². The topological polar surface area (TPSA) is 24.5 Å². The van der Waals surface area contributed by atoms with E-state index in [-0.39, 0.29) is 0 Å². The lowest BCUT2D eigenvalue weighted by Crippen LogP contribution is -2.42. The van der Waals surface area contributed by atoms with Gasteiger partial charge in [-0.3, -0.25) is 4.90 Å². The minimum atomic E-state index is 0.564. The van der Waals surface area contributed by atoms with Gasteiger partial charge in [0.15, 0.2) is 0 Å². The normalized spacial score (nSPS) is 15.7. The highest BCUT2D eigenvalue weighted by Crippen LogP contribution is 2.16. The van der Waals surface area contributed by atoms with E-state index in [0.717, 1.165) is 49.1 Å². The molecule has 0 bridgehead atoms. The monoisotopic (exact) mass is 316 g/mol. The molecular formula is C18H21ClN2O. The van der Waals surface area contributed by atoms with Crippen LogP contribution in [0.4, 0.5) is 0 Å². The van der Waals surface area contributed by atoms with Crippen LogP contribution >= 0.6 is 11.6 Å². The second-order valence-electron chi connectivity index (χ2n) is 5.59. The first-order chi connectivity index (χ1) is 10.8. The average Bonchev–Trinajstić information content (AvgIpc) is 2.57. The molecule has 1 aliphatic rings. The highest BCUT2D eigenvalue weighted by molar-refractivity contribution is 6.30. The predicted molar refractivity (Wildman–Crippen MR) is 90.4 cm³/mol. The molecule has 1 N–H and O–H groups in total. The van der Waals surface area contributed by atoms with E-state index < -0.39 is 0 Å². The van der Waals surface area contributed by atoms with E-state index in [1.54, 1.807) is 0 Å². The second-order valence-corrected chi connectivity index (χ2v) is 6.02. The van der Waals surface area contributed by atoms with Crippen LogP contribution in [-0.4, -0.2) is 31.1 Å². The summed E-state index contributed by atoms with van der Waals surface area (Å²) < 4.78 is 5.81. The van der Waals surface area contributed by atoms with E-state index in [4.69, 9.17) is 16.3 Å². The molecule has 2 aromatic rings. The molecule has 0 unspecified atom stereocenters. The standard InChI is InChI=1S/C18H21ClN2O/c19-17-5-1-16(2-6-17)14-22-18-7-3-15(4-8-18)13-21-11-9-20-10-12-21/h1-8,20H,9-14H2. The maximum absolute atomic E-state index is 5.88. The highest BCUT2D eigenvalue weighted by Gasteiger charge is 2.09. The van der Waals surface area contributed by atoms with Gasteiger partial charge < -0.3 is 10.1 Å². The molecule has 3 nitrogen and oxygen atoms in total. The fourth-order valence-corrected chi connectivity index (χ4v) is 2.69. The Labute approximate surface area is 136 Å². The summed E-state index contributed by atoms with van der Waals surface area (Å²) in [6.45, 7) is 5.99. The Kier molecular flexibility index (Phi) is 5.33. The summed E-state index contributed by atoms with van der Waals surface area (Å²) in [5.74, 6) is 0.902. The third-order valence-corrected chi connectivity index (χ3v) is 4.11. The SMILES string of the molecule is Clc1ccc(COc2ccc(CN3CCNCC3)cc2)cc1. The van der Waals surface area contributed by atoms with Gasteiger partial charge in [-0.05, 0) is 35.4 Å². The molecule has 0 aliphatic carbocycles. The number of nitrogens with one attached hydrogen (secondary N) is 1. The van der Waals surface area contributed by atoms with Crippen molar-refractivity contribution in [2.24, 2.45) is 0 Å². The number of piperazine rings is 1. The summed E-state index contributed by atoms with van der Waals surface area (Å²) >= 11 is 5.88. The lowest BCUT2D eigenvalue weighted by atomic mass is 10.2. The molecule has 0 aromatic heterocycles. The smallest absolute Gasteiger partial charge is 0.119 e. The molecule has 1 fully saturated rings. The van der Waals surface area contributed by atoms with Gasteiger partial charge in [-0.25, -0.2) is 0 Å². The van der Waals surface area contributed by atoms with Crippen molar-refractivity contribution in [2.75, 3.05) is 26.2 Å². The van der Waals surface area contributed by atoms with Gasteiger partial charge in [0, 0.05) is 37.7 Å². The van der Waals surface area contributed by atoms with Crippen LogP contribution in [0, 0.1) is 0 Å². The zero-order chi connectivity index (χ0) is 15.2. The lowest BCUT2D eigenvalue weighted by Gasteiger charge is -2.27. The quantitative estimate of drug-likeness (QED) is 0.916. The number of rotatable bonds is 5. The van der Waals surface area contributed by atoms with Gasteiger partial charge in [-0.2, -0.15) is 0 Å². The van der Waals surface area contributed by atoms with Crippen molar-refractivity contribution < 1.29 is 4.74 Å². The molecule has 1 saturated heterocycles. The van der Waals surface area contributed by atoms with Crippen LogP contribution in [0.2, 0.25) is 5.02 Å². The second kappa shape index (κ2) is 7.63. The third kappa shape index (κ3) is 4.47. The molecule has 0 atom stereocenters. The Morgan fingerprint density at radius 2 is 1.55 bits per heavy atom. The van der Waals surface area contributed by atoms with Gasteiger partial charge in [-0.15, -0.1) is 0 Å². The van der Waals surface area contributed by atoms with Crippen LogP contribution < -0.4 is 10.1 Å². The molecule has 1 aliphatic heterocycles. The first kappa shape index (κ1) is 15.3. The summed E-state index contributed by atoms with van der Waals surface area (Å²) in [4.78, 5) is 2.47. The van der Waals surface area contributed by atoms with Crippen LogP contribution in [0.15, 0.2) is 48.5 Å². The van der Waals surface area contributed by atoms with E-state index in [9.17, 15) is 0 Å². The maximum Gasteiger partial charge on any atom is 0.119 e. The number of hydrogen-bond donors (Lipinski definition) is 1. The van der Waals surface area contributed by atoms with Crippen molar-refractivity contribution in [1.29, 1.82) is 0 Å². The Morgan fingerprint density at radius 1 is 0.909 bits per heavy atom. The first-order valence-electron chi connectivity index (χ1n) is 7.69. The summed E-state index contributed by atoms with van der Waals surface area (Å²) in [6, 6.07) is 16.1. The molecule has 0 radical (unpaired) electrons. The van der Waals surface area contributed by atoms with E-state index in [0.29, 0.717) is 6.61 Å². The van der Waals surface area contributed by atoms with Gasteiger partial charge in [0.2, 0.25) is 0 Å². The molecule has 2 aromatic carbocycles. The van der Waals surface area contributed by atoms with Crippen molar-refractivity contribution in [3.8, 4) is 5.75 Å². The fourth-order valence-electron chi connectivity index (χ4n) is 2.57. The van der Waals surface area contributed by atoms with Crippen LogP contribution in [-0.2, 0) is 13.2 Å². The molecule has 22 heavy (non-hydrogen) atoms. The van der Waals surface area contributed by atoms with Crippen molar-refractivity contribution >= 4 is 11.6 Å². The predicted octanol–water partition coefficient (Wildman–Crippen LogP) is 3.32. The molecule has 1 heterocycles. The van der Waals surface area contributed by atoms with Crippen LogP contribution in [0.3, 0.4) is 0 Å². The Balaban J connectivity index is 1.51. The summed E-state index contributed by atoms with van der Waals surface area (Å²) in [5.41, 5.74) is 2.45. The summed E-state index contributed by atoms with van der Waals surface area (Å²) in [6.07, 6.45) is 0. The molecule has 0 spiro atoms. The first-order valence-corrected chi connectivity index (χ1v) is 8.07. The van der Waals surface area contributed by atoms with Crippen molar-refractivity contribution in [2.45, 2.75) is 13.2 Å². The van der Waals surface area contributed by atoms with Gasteiger partial charge in [0.25, 0.3) is 0 Å². The molecule has 116 valence electrons. The van der Waals surface area contributed by atoms with E-state index in [2.05, 4.69) is 22.3 Å². The van der Waals surface area contributed by atoms with Crippen LogP contribution in [0.25, 0.3) is 0 Å². The summed E-state index contributed by atoms with van der Waals surface area (Å²) in [7, 11) is 0. The van der Waals surface area contributed by atoms with Crippen LogP contribution in [0.1, 0.15) is 11.1 Å². The van der Waals surface area contributed by atoms with Crippen molar-refractivity contribution in [3.05, 3.63) is 64.7 Å². The number of nitrogens with zero attached hydrogens (tertiary/aromatic N) is 1. The largest absolute Gasteiger partial charge is 0.489 e. The van der Waals surface area contributed by atoms with E-state index in [1.807, 2.05) is 36.4 Å². The van der Waals surface area contributed by atoms with E-state index >= 15 is 0 Å². The Morgan fingerprint density at radius 3 is 2.23 bits per heavy atom. The Bertz CT molecular complexity index is 577. The summed E-state index contributed by atoms with van der Waals surface area (Å²) in [5, 5.41) is 4.13. The Hall–Kier alpha value is -1.55. The zero-order valence-corrected chi connectivity index (χ0v) is 13.4.